The van der Waals surface area contributed by atoms with E-state index in [9.17, 15) is 36.2 Å². The quantitative estimate of drug-likeness (QED) is 0.236. The van der Waals surface area contributed by atoms with E-state index in [0.717, 1.165) is 24.4 Å². The third-order valence-corrected chi connectivity index (χ3v) is 7.40. The Morgan fingerprint density at radius 1 is 1.00 bits per heavy atom. The number of amides is 1. The van der Waals surface area contributed by atoms with Gasteiger partial charge < -0.3 is 20.9 Å². The van der Waals surface area contributed by atoms with Crippen LogP contribution in [0.25, 0.3) is 0 Å². The maximum absolute atomic E-state index is 15.1. The van der Waals surface area contributed by atoms with Crippen LogP contribution in [0.15, 0.2) is 54.9 Å². The van der Waals surface area contributed by atoms with Crippen LogP contribution in [0.2, 0.25) is 0 Å². The number of benzene rings is 2. The van der Waals surface area contributed by atoms with E-state index in [-0.39, 0.29) is 41.8 Å². The number of ether oxygens (including phenoxy) is 1. The van der Waals surface area contributed by atoms with Gasteiger partial charge in [-0.25, -0.2) is 22.4 Å². The summed E-state index contributed by atoms with van der Waals surface area (Å²) in [6.45, 7) is -1.72. The molecule has 0 aliphatic carbocycles. The summed E-state index contributed by atoms with van der Waals surface area (Å²) in [6, 6.07) is 7.53. The zero-order valence-corrected chi connectivity index (χ0v) is 23.3. The van der Waals surface area contributed by atoms with Gasteiger partial charge in [0.25, 0.3) is 0 Å². The van der Waals surface area contributed by atoms with Gasteiger partial charge >= 0.3 is 12.3 Å². The number of halogens is 7. The van der Waals surface area contributed by atoms with E-state index in [2.05, 4.69) is 10.3 Å². The fourth-order valence-corrected chi connectivity index (χ4v) is 5.41. The molecule has 238 valence electrons. The number of rotatable bonds is 11. The minimum absolute atomic E-state index is 0.0560. The highest BCUT2D eigenvalue weighted by Crippen LogP contribution is 2.35. The number of nitrogens with zero attached hydrogens (tertiary/aromatic N) is 2. The van der Waals surface area contributed by atoms with Gasteiger partial charge in [-0.15, -0.1) is 0 Å². The van der Waals surface area contributed by atoms with Crippen LogP contribution >= 0.6 is 0 Å². The highest BCUT2D eigenvalue weighted by Gasteiger charge is 2.35. The molecule has 1 aliphatic rings. The monoisotopic (exact) mass is 628 g/mol. The van der Waals surface area contributed by atoms with Gasteiger partial charge in [-0.2, -0.15) is 13.2 Å². The summed E-state index contributed by atoms with van der Waals surface area (Å²) in [6.07, 6.45) is -5.12. The number of nitrogens with one attached hydrogen (secondary N) is 1. The summed E-state index contributed by atoms with van der Waals surface area (Å²) in [5.41, 5.74) is 7.88. The molecule has 0 saturated carbocycles. The molecule has 4 N–H and O–H groups in total. The van der Waals surface area contributed by atoms with Gasteiger partial charge in [0.1, 0.15) is 29.8 Å². The third-order valence-electron chi connectivity index (χ3n) is 7.40. The Balaban J connectivity index is 1.49. The summed E-state index contributed by atoms with van der Waals surface area (Å²) in [5, 5.41) is 12.2. The van der Waals surface area contributed by atoms with E-state index in [1.807, 2.05) is 0 Å². The highest BCUT2D eigenvalue weighted by molar-refractivity contribution is 5.65. The number of alkyl halides is 3. The largest absolute Gasteiger partial charge is 0.465 e. The van der Waals surface area contributed by atoms with Gasteiger partial charge in [-0.05, 0) is 65.8 Å². The molecule has 1 amide bonds. The van der Waals surface area contributed by atoms with Crippen LogP contribution in [0.4, 0.5) is 35.5 Å². The molecule has 0 spiro atoms. The molecule has 7 nitrogen and oxygen atoms in total. The standard InChI is InChI=1S/C30H31F7N4O3/c31-19-3-1-17(2-4-19)25(18-7-20(32)9-21(33)8-18)10-28(38)26-13-40-14-27(34)24(26)6-5-22-11-39-12-23(44-22)15-41(29(42)43)16-30(35,36)37/h1-4,7-9,13-14,22-23,25,28,39H,5-6,10-12,15-16,38H2,(H,42,43)/t22-,23+,25+,28?/m1/s1. The van der Waals surface area contributed by atoms with Crippen molar-refractivity contribution < 1.29 is 45.4 Å². The number of carbonyl (C=O) groups is 1. The number of pyridine rings is 1. The third kappa shape index (κ3) is 9.13. The van der Waals surface area contributed by atoms with E-state index in [0.29, 0.717) is 17.7 Å². The predicted octanol–water partition coefficient (Wildman–Crippen LogP) is 5.69. The van der Waals surface area contributed by atoms with Crippen LogP contribution in [0, 0.1) is 23.3 Å². The predicted molar refractivity (Wildman–Crippen MR) is 146 cm³/mol. The van der Waals surface area contributed by atoms with E-state index in [4.69, 9.17) is 10.5 Å². The lowest BCUT2D eigenvalue weighted by Crippen LogP contribution is -2.51. The maximum Gasteiger partial charge on any atom is 0.407 e. The van der Waals surface area contributed by atoms with Crippen LogP contribution in [0.1, 0.15) is 47.1 Å². The van der Waals surface area contributed by atoms with Crippen molar-refractivity contribution in [1.82, 2.24) is 15.2 Å². The first kappa shape index (κ1) is 33.1. The Morgan fingerprint density at radius 3 is 2.30 bits per heavy atom. The number of aromatic nitrogens is 1. The molecule has 2 aromatic carbocycles. The first-order valence-electron chi connectivity index (χ1n) is 13.8. The van der Waals surface area contributed by atoms with Crippen LogP contribution in [0.5, 0.6) is 0 Å². The molecule has 2 heterocycles. The number of hydrogen-bond acceptors (Lipinski definition) is 5. The van der Waals surface area contributed by atoms with Crippen molar-refractivity contribution in [3.05, 3.63) is 100 Å². The molecule has 14 heteroatoms. The second-order valence-corrected chi connectivity index (χ2v) is 10.7. The van der Waals surface area contributed by atoms with Crippen molar-refractivity contribution >= 4 is 6.09 Å². The zero-order valence-electron chi connectivity index (χ0n) is 23.3. The van der Waals surface area contributed by atoms with Gasteiger partial charge in [0.05, 0.1) is 24.9 Å². The van der Waals surface area contributed by atoms with Crippen LogP contribution in [-0.2, 0) is 11.2 Å². The van der Waals surface area contributed by atoms with Gasteiger partial charge in [0.2, 0.25) is 0 Å². The summed E-state index contributed by atoms with van der Waals surface area (Å²) < 4.78 is 101. The Morgan fingerprint density at radius 2 is 1.66 bits per heavy atom. The van der Waals surface area contributed by atoms with Crippen molar-refractivity contribution in [2.75, 3.05) is 26.2 Å². The van der Waals surface area contributed by atoms with Gasteiger partial charge in [0.15, 0.2) is 0 Å². The number of carboxylic acid groups (broad SMARTS) is 1. The highest BCUT2D eigenvalue weighted by atomic mass is 19.4. The van der Waals surface area contributed by atoms with Crippen LogP contribution < -0.4 is 11.1 Å². The average molecular weight is 629 g/mol. The molecule has 3 aromatic rings. The molecular formula is C30H31F7N4O3. The van der Waals surface area contributed by atoms with Crippen LogP contribution in [0.3, 0.4) is 0 Å². The second kappa shape index (κ2) is 14.4. The van der Waals surface area contributed by atoms with E-state index >= 15 is 4.39 Å². The summed E-state index contributed by atoms with van der Waals surface area (Å²) >= 11 is 0. The number of hydrogen-bond donors (Lipinski definition) is 3. The molecule has 4 atom stereocenters. The van der Waals surface area contributed by atoms with Crippen molar-refractivity contribution in [3.63, 3.8) is 0 Å². The summed E-state index contributed by atoms with van der Waals surface area (Å²) in [4.78, 5) is 15.5. The molecule has 1 aliphatic heterocycles. The number of morpholine rings is 1. The fourth-order valence-electron chi connectivity index (χ4n) is 5.41. The minimum atomic E-state index is -4.72. The Labute approximate surface area is 248 Å². The Kier molecular flexibility index (Phi) is 10.8. The second-order valence-electron chi connectivity index (χ2n) is 10.7. The lowest BCUT2D eigenvalue weighted by Gasteiger charge is -2.34. The molecule has 0 bridgehead atoms. The first-order valence-corrected chi connectivity index (χ1v) is 13.8. The van der Waals surface area contributed by atoms with Crippen molar-refractivity contribution in [1.29, 1.82) is 0 Å². The summed E-state index contributed by atoms with van der Waals surface area (Å²) in [5.74, 6) is -3.46. The lowest BCUT2D eigenvalue weighted by atomic mass is 9.83. The smallest absolute Gasteiger partial charge is 0.407 e. The van der Waals surface area contributed by atoms with Gasteiger partial charge in [-0.3, -0.25) is 9.88 Å². The van der Waals surface area contributed by atoms with Crippen molar-refractivity contribution in [2.45, 2.75) is 49.6 Å². The first-order chi connectivity index (χ1) is 20.8. The van der Waals surface area contributed by atoms with E-state index in [1.165, 1.54) is 30.5 Å². The molecule has 4 rings (SSSR count). The van der Waals surface area contributed by atoms with Gasteiger partial charge in [-0.1, -0.05) is 12.1 Å². The average Bonchev–Trinajstić information content (AvgIpc) is 2.94. The molecule has 1 saturated heterocycles. The lowest BCUT2D eigenvalue weighted by molar-refractivity contribution is -0.147. The van der Waals surface area contributed by atoms with E-state index in [1.54, 1.807) is 0 Å². The Hall–Kier alpha value is -3.75. The molecule has 1 aromatic heterocycles. The molecule has 0 radical (unpaired) electrons. The van der Waals surface area contributed by atoms with Crippen molar-refractivity contribution in [3.8, 4) is 0 Å². The van der Waals surface area contributed by atoms with Crippen LogP contribution in [-0.4, -0.2) is 65.6 Å². The summed E-state index contributed by atoms with van der Waals surface area (Å²) in [7, 11) is 0. The number of nitrogens with two attached hydrogens (primary N) is 1. The minimum Gasteiger partial charge on any atom is -0.465 e. The van der Waals surface area contributed by atoms with E-state index < -0.39 is 72.8 Å². The molecule has 44 heavy (non-hydrogen) atoms. The fraction of sp³-hybridized carbons (Fsp3) is 0.400. The molecule has 1 fully saturated rings. The SMILES string of the molecule is NC(C[C@@H](c1ccc(F)cc1)c1cc(F)cc(F)c1)c1cncc(F)c1CC[C@@H]1CNC[C@@H](CN(CC(F)(F)F)C(=O)O)O1. The van der Waals surface area contributed by atoms with Crippen molar-refractivity contribution in [2.24, 2.45) is 5.73 Å². The zero-order chi connectivity index (χ0) is 32.0. The molecular weight excluding hydrogens is 597 g/mol. The maximum atomic E-state index is 15.1. The van der Waals surface area contributed by atoms with Gasteiger partial charge in [0, 0.05) is 37.3 Å². The normalized spacial score (nSPS) is 18.5. The molecule has 1 unspecified atom stereocenters. The topological polar surface area (TPSA) is 101 Å². The Bertz CT molecular complexity index is 1400.